The van der Waals surface area contributed by atoms with E-state index in [0.717, 1.165) is 12.1 Å². The molecule has 0 aliphatic carbocycles. The number of hydrogen-bond donors (Lipinski definition) is 0. The molecule has 0 radical (unpaired) electrons. The Hall–Kier alpha value is -0.850. The van der Waals surface area contributed by atoms with Gasteiger partial charge >= 0.3 is 0 Å². The Labute approximate surface area is 63.2 Å². The molecule has 1 heteroatoms. The fourth-order valence-electron chi connectivity index (χ4n) is 0.484. The highest BCUT2D eigenvalue weighted by Gasteiger charge is 1.74. The molecule has 0 heterocycles. The maximum absolute atomic E-state index is 3.98. The third-order valence-electron chi connectivity index (χ3n) is 1.17. The van der Waals surface area contributed by atoms with Gasteiger partial charge in [0, 0.05) is 12.8 Å². The Bertz CT molecular complexity index is 152. The van der Waals surface area contributed by atoms with Gasteiger partial charge in [-0.3, -0.25) is 4.99 Å². The monoisotopic (exact) mass is 137 g/mol. The van der Waals surface area contributed by atoms with Crippen molar-refractivity contribution in [2.24, 2.45) is 4.99 Å². The lowest BCUT2D eigenvalue weighted by Gasteiger charge is -1.82. The average Bonchev–Trinajstić information content (AvgIpc) is 1.98. The molecule has 0 aliphatic heterocycles. The summed E-state index contributed by atoms with van der Waals surface area (Å²) < 4.78 is 0. The first-order chi connectivity index (χ1) is 4.81. The van der Waals surface area contributed by atoms with Crippen LogP contribution < -0.4 is 0 Å². The van der Waals surface area contributed by atoms with Crippen molar-refractivity contribution < 1.29 is 0 Å². The van der Waals surface area contributed by atoms with Crippen LogP contribution in [0.25, 0.3) is 0 Å². The fourth-order valence-corrected chi connectivity index (χ4v) is 0.484. The summed E-state index contributed by atoms with van der Waals surface area (Å²) in [6.07, 6.45) is 9.23. The molecule has 0 unspecified atom stereocenters. The highest BCUT2D eigenvalue weighted by molar-refractivity contribution is 5.92. The van der Waals surface area contributed by atoms with Gasteiger partial charge in [0.1, 0.15) is 0 Å². The van der Waals surface area contributed by atoms with Crippen molar-refractivity contribution in [2.75, 3.05) is 7.05 Å². The smallest absolute Gasteiger partial charge is 0.0313 e. The van der Waals surface area contributed by atoms with Gasteiger partial charge in [-0.2, -0.15) is 0 Å². The van der Waals surface area contributed by atoms with E-state index < -0.39 is 0 Å². The summed E-state index contributed by atoms with van der Waals surface area (Å²) >= 11 is 0. The van der Waals surface area contributed by atoms with Gasteiger partial charge in [0.25, 0.3) is 0 Å². The van der Waals surface area contributed by atoms with Crippen molar-refractivity contribution in [1.82, 2.24) is 0 Å². The summed E-state index contributed by atoms with van der Waals surface area (Å²) in [4.78, 5) is 3.98. The molecule has 56 valence electrons. The minimum absolute atomic E-state index is 1.06. The topological polar surface area (TPSA) is 12.4 Å². The molecule has 0 atom stereocenters. The predicted molar refractivity (Wildman–Crippen MR) is 47.6 cm³/mol. The lowest BCUT2D eigenvalue weighted by Crippen LogP contribution is -1.80. The van der Waals surface area contributed by atoms with E-state index >= 15 is 0 Å². The number of rotatable bonds is 3. The van der Waals surface area contributed by atoms with Crippen LogP contribution in [-0.4, -0.2) is 12.8 Å². The summed E-state index contributed by atoms with van der Waals surface area (Å²) in [7, 11) is 1.79. The highest BCUT2D eigenvalue weighted by Crippen LogP contribution is 1.83. The number of allylic oxidation sites excluding steroid dienone is 4. The Kier molecular flexibility index (Phi) is 5.74. The standard InChI is InChI=1S/C9H15N/c1-4-5-6-7-8-9(2)10-3/h5-8H,4H2,1-3H3/b6-5-,8-7-,10-9?. The molecule has 0 bridgehead atoms. The number of hydrogen-bond acceptors (Lipinski definition) is 1. The molecular weight excluding hydrogens is 122 g/mol. The molecular formula is C9H15N. The Morgan fingerprint density at radius 1 is 1.40 bits per heavy atom. The van der Waals surface area contributed by atoms with Crippen molar-refractivity contribution in [3.63, 3.8) is 0 Å². The number of aliphatic imine (C=N–C) groups is 1. The molecule has 0 spiro atoms. The van der Waals surface area contributed by atoms with E-state index in [1.807, 2.05) is 25.2 Å². The summed E-state index contributed by atoms with van der Waals surface area (Å²) in [6, 6.07) is 0. The number of nitrogens with zero attached hydrogens (tertiary/aromatic N) is 1. The van der Waals surface area contributed by atoms with E-state index in [-0.39, 0.29) is 0 Å². The van der Waals surface area contributed by atoms with Gasteiger partial charge in [-0.05, 0) is 19.4 Å². The molecule has 0 saturated carbocycles. The van der Waals surface area contributed by atoms with Gasteiger partial charge in [0.05, 0.1) is 0 Å². The van der Waals surface area contributed by atoms with Gasteiger partial charge in [-0.25, -0.2) is 0 Å². The summed E-state index contributed by atoms with van der Waals surface area (Å²) in [5.74, 6) is 0. The molecule has 0 aromatic carbocycles. The van der Waals surface area contributed by atoms with Gasteiger partial charge in [0.15, 0.2) is 0 Å². The molecule has 0 rings (SSSR count). The van der Waals surface area contributed by atoms with Crippen LogP contribution in [0.2, 0.25) is 0 Å². The fraction of sp³-hybridized carbons (Fsp3) is 0.444. The van der Waals surface area contributed by atoms with Crippen molar-refractivity contribution in [3.05, 3.63) is 24.3 Å². The van der Waals surface area contributed by atoms with Crippen LogP contribution in [0, 0.1) is 0 Å². The summed E-state index contributed by atoms with van der Waals surface area (Å²) in [6.45, 7) is 4.10. The highest BCUT2D eigenvalue weighted by atomic mass is 14.7. The van der Waals surface area contributed by atoms with Crippen LogP contribution in [0.1, 0.15) is 20.3 Å². The Morgan fingerprint density at radius 2 is 2.10 bits per heavy atom. The minimum atomic E-state index is 1.06. The van der Waals surface area contributed by atoms with E-state index in [2.05, 4.69) is 18.0 Å². The molecule has 1 nitrogen and oxygen atoms in total. The van der Waals surface area contributed by atoms with E-state index in [9.17, 15) is 0 Å². The van der Waals surface area contributed by atoms with E-state index in [1.165, 1.54) is 0 Å². The van der Waals surface area contributed by atoms with Crippen LogP contribution in [0.15, 0.2) is 29.3 Å². The quantitative estimate of drug-likeness (QED) is 0.419. The third kappa shape index (κ3) is 5.29. The van der Waals surface area contributed by atoms with Crippen LogP contribution in [0.3, 0.4) is 0 Å². The zero-order chi connectivity index (χ0) is 7.82. The van der Waals surface area contributed by atoms with Crippen LogP contribution in [0.5, 0.6) is 0 Å². The van der Waals surface area contributed by atoms with Gasteiger partial charge < -0.3 is 0 Å². The molecule has 0 aromatic rings. The van der Waals surface area contributed by atoms with Crippen LogP contribution in [0.4, 0.5) is 0 Å². The first-order valence-electron chi connectivity index (χ1n) is 3.57. The van der Waals surface area contributed by atoms with E-state index in [1.54, 1.807) is 7.05 Å². The van der Waals surface area contributed by atoms with Crippen molar-refractivity contribution in [1.29, 1.82) is 0 Å². The van der Waals surface area contributed by atoms with Crippen molar-refractivity contribution >= 4 is 5.71 Å². The average molecular weight is 137 g/mol. The lowest BCUT2D eigenvalue weighted by molar-refractivity contribution is 1.22. The summed E-state index contributed by atoms with van der Waals surface area (Å²) in [5, 5.41) is 0. The lowest BCUT2D eigenvalue weighted by atomic mass is 10.3. The molecule has 0 amide bonds. The largest absolute Gasteiger partial charge is 0.293 e. The normalized spacial score (nSPS) is 13.7. The van der Waals surface area contributed by atoms with Gasteiger partial charge in [-0.1, -0.05) is 25.2 Å². The third-order valence-corrected chi connectivity index (χ3v) is 1.17. The van der Waals surface area contributed by atoms with Gasteiger partial charge in [0.2, 0.25) is 0 Å². The zero-order valence-electron chi connectivity index (χ0n) is 6.96. The van der Waals surface area contributed by atoms with E-state index in [4.69, 9.17) is 0 Å². The van der Waals surface area contributed by atoms with Crippen LogP contribution in [-0.2, 0) is 0 Å². The zero-order valence-corrected chi connectivity index (χ0v) is 6.96. The molecule has 0 N–H and O–H groups in total. The summed E-state index contributed by atoms with van der Waals surface area (Å²) in [5.41, 5.74) is 1.06. The second kappa shape index (κ2) is 6.27. The Balaban J connectivity index is 3.66. The second-order valence-electron chi connectivity index (χ2n) is 2.06. The SMILES string of the molecule is CC/C=C\C=C/C(C)=NC. The van der Waals surface area contributed by atoms with Crippen molar-refractivity contribution in [2.45, 2.75) is 20.3 Å². The van der Waals surface area contributed by atoms with Crippen LogP contribution >= 0.6 is 0 Å². The molecule has 0 fully saturated rings. The Morgan fingerprint density at radius 3 is 2.60 bits per heavy atom. The minimum Gasteiger partial charge on any atom is -0.293 e. The maximum atomic E-state index is 3.98. The first-order valence-corrected chi connectivity index (χ1v) is 3.57. The van der Waals surface area contributed by atoms with E-state index in [0.29, 0.717) is 0 Å². The molecule has 0 saturated heterocycles. The second-order valence-corrected chi connectivity index (χ2v) is 2.06. The maximum Gasteiger partial charge on any atom is 0.0313 e. The van der Waals surface area contributed by atoms with Crippen molar-refractivity contribution in [3.8, 4) is 0 Å². The molecule has 0 aromatic heterocycles. The first kappa shape index (κ1) is 9.15. The predicted octanol–water partition coefficient (Wildman–Crippen LogP) is 2.60. The molecule has 10 heavy (non-hydrogen) atoms. The molecule has 0 aliphatic rings. The van der Waals surface area contributed by atoms with Gasteiger partial charge in [-0.15, -0.1) is 0 Å².